The van der Waals surface area contributed by atoms with Gasteiger partial charge in [0.1, 0.15) is 30.0 Å². The standard InChI is InChI=1S/C34H39N3O7.2ClH/c1-3-42-33(40)16-18-37(2)34(41)25-11-14-30-31(20-25)35-17-15-32(30)44-29-12-9-24(10-13-29)19-26(22-38)36-21-27(39)23-43-28-7-5-4-6-8-28;;/h4-15,17,20,26-27,36,38-39H,3,16,18-19,21-23H2,1-2H3;2*1H/t26-,27-;;/m0../s1. The summed E-state index contributed by atoms with van der Waals surface area (Å²) in [5.74, 6) is 1.36. The number of para-hydroxylation sites is 1. The zero-order valence-corrected chi connectivity index (χ0v) is 27.5. The Kier molecular flexibility index (Phi) is 16.3. The van der Waals surface area contributed by atoms with Crippen LogP contribution < -0.4 is 14.8 Å². The molecule has 0 unspecified atom stereocenters. The highest BCUT2D eigenvalue weighted by Gasteiger charge is 2.16. The van der Waals surface area contributed by atoms with Crippen molar-refractivity contribution in [1.82, 2.24) is 15.2 Å². The minimum atomic E-state index is -0.721. The van der Waals surface area contributed by atoms with Crippen molar-refractivity contribution in [3.63, 3.8) is 0 Å². The lowest BCUT2D eigenvalue weighted by Gasteiger charge is -2.19. The number of ether oxygens (including phenoxy) is 3. The zero-order valence-electron chi connectivity index (χ0n) is 25.8. The van der Waals surface area contributed by atoms with E-state index < -0.39 is 6.10 Å². The summed E-state index contributed by atoms with van der Waals surface area (Å²) in [5, 5.41) is 24.1. The molecule has 248 valence electrons. The van der Waals surface area contributed by atoms with Crippen molar-refractivity contribution in [3.05, 3.63) is 96.2 Å². The Morgan fingerprint density at radius 2 is 1.72 bits per heavy atom. The molecule has 0 aliphatic heterocycles. The lowest BCUT2D eigenvalue weighted by molar-refractivity contribution is -0.143. The number of aliphatic hydroxyl groups is 2. The molecule has 3 N–H and O–H groups in total. The third-order valence-corrected chi connectivity index (χ3v) is 6.93. The molecule has 0 saturated heterocycles. The Morgan fingerprint density at radius 1 is 0.978 bits per heavy atom. The number of hydrogen-bond donors (Lipinski definition) is 3. The fourth-order valence-electron chi connectivity index (χ4n) is 4.54. The van der Waals surface area contributed by atoms with Gasteiger partial charge < -0.3 is 34.6 Å². The molecule has 4 rings (SSSR count). The fourth-order valence-corrected chi connectivity index (χ4v) is 4.54. The van der Waals surface area contributed by atoms with E-state index in [2.05, 4.69) is 10.3 Å². The van der Waals surface area contributed by atoms with Gasteiger partial charge in [-0.25, -0.2) is 0 Å². The molecule has 2 atom stereocenters. The second-order valence-corrected chi connectivity index (χ2v) is 10.3. The van der Waals surface area contributed by atoms with Crippen molar-refractivity contribution in [2.45, 2.75) is 31.9 Å². The molecule has 0 saturated carbocycles. The number of pyridine rings is 1. The van der Waals surface area contributed by atoms with Gasteiger partial charge in [0.15, 0.2) is 0 Å². The monoisotopic (exact) mass is 673 g/mol. The molecule has 1 amide bonds. The summed E-state index contributed by atoms with van der Waals surface area (Å²) in [6.45, 7) is 2.65. The van der Waals surface area contributed by atoms with Gasteiger partial charge in [-0.15, -0.1) is 24.8 Å². The molecule has 0 fully saturated rings. The maximum absolute atomic E-state index is 12.9. The van der Waals surface area contributed by atoms with Crippen molar-refractivity contribution in [2.75, 3.05) is 40.0 Å². The highest BCUT2D eigenvalue weighted by molar-refractivity contribution is 5.98. The lowest BCUT2D eigenvalue weighted by atomic mass is 10.1. The normalized spacial score (nSPS) is 11.8. The Morgan fingerprint density at radius 3 is 2.41 bits per heavy atom. The van der Waals surface area contributed by atoms with Crippen molar-refractivity contribution in [2.24, 2.45) is 0 Å². The summed E-state index contributed by atoms with van der Waals surface area (Å²) < 4.78 is 16.7. The zero-order chi connectivity index (χ0) is 31.3. The van der Waals surface area contributed by atoms with Crippen LogP contribution in [0, 0.1) is 0 Å². The van der Waals surface area contributed by atoms with Crippen LogP contribution in [-0.4, -0.2) is 84.1 Å². The maximum atomic E-state index is 12.9. The number of aliphatic hydroxyl groups excluding tert-OH is 2. The summed E-state index contributed by atoms with van der Waals surface area (Å²) in [6.07, 6.45) is 1.60. The topological polar surface area (TPSA) is 130 Å². The first kappa shape index (κ1) is 38.3. The second kappa shape index (κ2) is 19.6. The van der Waals surface area contributed by atoms with Gasteiger partial charge in [0.2, 0.25) is 0 Å². The number of rotatable bonds is 16. The number of fused-ring (bicyclic) bond motifs is 1. The highest BCUT2D eigenvalue weighted by atomic mass is 35.5. The largest absolute Gasteiger partial charge is 0.491 e. The number of nitrogens with one attached hydrogen (secondary N) is 1. The predicted octanol–water partition coefficient (Wildman–Crippen LogP) is 4.83. The van der Waals surface area contributed by atoms with Gasteiger partial charge in [0.05, 0.1) is 25.2 Å². The predicted molar refractivity (Wildman–Crippen MR) is 181 cm³/mol. The molecular weight excluding hydrogens is 633 g/mol. The van der Waals surface area contributed by atoms with E-state index in [1.54, 1.807) is 44.4 Å². The SMILES string of the molecule is CCOC(=O)CCN(C)C(=O)c1ccc2c(Oc3ccc(C[C@@H](CO)NC[C@H](O)COc4ccccc4)cc3)ccnc2c1.Cl.Cl. The molecule has 46 heavy (non-hydrogen) atoms. The second-order valence-electron chi connectivity index (χ2n) is 10.3. The molecule has 4 aromatic rings. The molecule has 1 heterocycles. The smallest absolute Gasteiger partial charge is 0.307 e. The van der Waals surface area contributed by atoms with Crippen LogP contribution in [0.3, 0.4) is 0 Å². The Hall–Kier alpha value is -3.93. The summed E-state index contributed by atoms with van der Waals surface area (Å²) in [4.78, 5) is 30.4. The minimum Gasteiger partial charge on any atom is -0.491 e. The molecule has 3 aromatic carbocycles. The number of halogens is 2. The van der Waals surface area contributed by atoms with Crippen LogP contribution in [0.4, 0.5) is 0 Å². The molecule has 0 bridgehead atoms. The van der Waals surface area contributed by atoms with Gasteiger partial charge in [-0.1, -0.05) is 30.3 Å². The van der Waals surface area contributed by atoms with Gasteiger partial charge in [-0.2, -0.15) is 0 Å². The van der Waals surface area contributed by atoms with Crippen molar-refractivity contribution in [3.8, 4) is 17.2 Å². The third-order valence-electron chi connectivity index (χ3n) is 6.93. The highest BCUT2D eigenvalue weighted by Crippen LogP contribution is 2.30. The molecule has 0 aliphatic carbocycles. The van der Waals surface area contributed by atoms with E-state index in [1.807, 2.05) is 54.6 Å². The molecule has 0 radical (unpaired) electrons. The quantitative estimate of drug-likeness (QED) is 0.143. The van der Waals surface area contributed by atoms with Crippen LogP contribution in [0.15, 0.2) is 85.1 Å². The van der Waals surface area contributed by atoms with Crippen LogP contribution in [0.25, 0.3) is 10.9 Å². The number of esters is 1. The number of benzene rings is 3. The van der Waals surface area contributed by atoms with Gasteiger partial charge in [-0.3, -0.25) is 14.6 Å². The van der Waals surface area contributed by atoms with Crippen LogP contribution >= 0.6 is 24.8 Å². The van der Waals surface area contributed by atoms with E-state index in [1.165, 1.54) is 4.90 Å². The number of amides is 1. The van der Waals surface area contributed by atoms with Gasteiger partial charge >= 0.3 is 5.97 Å². The first-order chi connectivity index (χ1) is 21.4. The van der Waals surface area contributed by atoms with Gasteiger partial charge in [0.25, 0.3) is 5.91 Å². The maximum Gasteiger partial charge on any atom is 0.307 e. The first-order valence-electron chi connectivity index (χ1n) is 14.6. The molecule has 1 aromatic heterocycles. The summed E-state index contributed by atoms with van der Waals surface area (Å²) in [5.41, 5.74) is 2.06. The van der Waals surface area contributed by atoms with E-state index in [0.717, 1.165) is 10.9 Å². The van der Waals surface area contributed by atoms with Crippen LogP contribution in [0.2, 0.25) is 0 Å². The fraction of sp³-hybridized carbons (Fsp3) is 0.324. The van der Waals surface area contributed by atoms with Gasteiger partial charge in [0, 0.05) is 43.3 Å². The number of carbonyl (C=O) groups excluding carboxylic acids is 2. The molecule has 0 aliphatic rings. The van der Waals surface area contributed by atoms with Crippen molar-refractivity contribution in [1.29, 1.82) is 0 Å². The summed E-state index contributed by atoms with van der Waals surface area (Å²) in [6, 6.07) is 23.6. The minimum absolute atomic E-state index is 0. The Balaban J connectivity index is 0.00000368. The van der Waals surface area contributed by atoms with E-state index in [0.29, 0.717) is 41.4 Å². The van der Waals surface area contributed by atoms with Crippen molar-refractivity contribution >= 4 is 47.6 Å². The van der Waals surface area contributed by atoms with Crippen LogP contribution in [-0.2, 0) is 16.0 Å². The molecule has 10 nitrogen and oxygen atoms in total. The lowest BCUT2D eigenvalue weighted by Crippen LogP contribution is -2.41. The Labute approximate surface area is 281 Å². The van der Waals surface area contributed by atoms with E-state index in [4.69, 9.17) is 14.2 Å². The van der Waals surface area contributed by atoms with Crippen LogP contribution in [0.1, 0.15) is 29.3 Å². The number of carbonyl (C=O) groups is 2. The molecular formula is C34H41Cl2N3O7. The third kappa shape index (κ3) is 11.5. The van der Waals surface area contributed by atoms with E-state index in [-0.39, 0.29) is 75.5 Å². The number of nitrogens with zero attached hydrogens (tertiary/aromatic N) is 2. The van der Waals surface area contributed by atoms with E-state index in [9.17, 15) is 19.8 Å². The average Bonchev–Trinajstić information content (AvgIpc) is 3.05. The Bertz CT molecular complexity index is 1510. The molecule has 12 heteroatoms. The average molecular weight is 675 g/mol. The number of hydrogen-bond acceptors (Lipinski definition) is 9. The van der Waals surface area contributed by atoms with E-state index >= 15 is 0 Å². The summed E-state index contributed by atoms with van der Waals surface area (Å²) in [7, 11) is 1.65. The van der Waals surface area contributed by atoms with Crippen LogP contribution in [0.5, 0.6) is 17.2 Å². The number of aromatic nitrogens is 1. The first-order valence-corrected chi connectivity index (χ1v) is 14.6. The van der Waals surface area contributed by atoms with Gasteiger partial charge in [-0.05, 0) is 67.4 Å². The molecule has 0 spiro atoms. The van der Waals surface area contributed by atoms with Crippen molar-refractivity contribution < 1.29 is 34.0 Å². The summed E-state index contributed by atoms with van der Waals surface area (Å²) >= 11 is 0.